The van der Waals surface area contributed by atoms with Gasteiger partial charge in [0, 0.05) is 26.7 Å². The number of likely N-dealkylation sites (tertiary alicyclic amines) is 1. The number of benzene rings is 1. The first kappa shape index (κ1) is 22.5. The molecule has 1 heterocycles. The van der Waals surface area contributed by atoms with E-state index in [0.717, 1.165) is 36.4 Å². The fraction of sp³-hybridized carbons (Fsp3) is 0.579. The first-order valence-corrected chi connectivity index (χ1v) is 8.93. The largest absolute Gasteiger partial charge is 0.484 e. The Balaban J connectivity index is 0.00000338. The van der Waals surface area contributed by atoms with E-state index < -0.39 is 5.91 Å². The average molecular weight is 474 g/mol. The molecular formula is C19H31IN4O2. The Labute approximate surface area is 173 Å². The van der Waals surface area contributed by atoms with Gasteiger partial charge in [-0.2, -0.15) is 0 Å². The van der Waals surface area contributed by atoms with Crippen LogP contribution in [-0.4, -0.2) is 43.5 Å². The number of hydrogen-bond acceptors (Lipinski definition) is 3. The Morgan fingerprint density at radius 1 is 1.46 bits per heavy atom. The molecule has 1 aromatic rings. The lowest BCUT2D eigenvalue weighted by molar-refractivity contribution is -0.119. The fourth-order valence-corrected chi connectivity index (χ4v) is 3.30. The Morgan fingerprint density at radius 2 is 2.23 bits per heavy atom. The van der Waals surface area contributed by atoms with Gasteiger partial charge in [0.15, 0.2) is 12.6 Å². The lowest BCUT2D eigenvalue weighted by Crippen LogP contribution is -2.39. The number of nitrogens with zero attached hydrogens (tertiary/aromatic N) is 2. The van der Waals surface area contributed by atoms with Crippen LogP contribution in [0.15, 0.2) is 29.3 Å². The number of nitrogens with two attached hydrogens (primary N) is 1. The van der Waals surface area contributed by atoms with Gasteiger partial charge < -0.3 is 20.7 Å². The van der Waals surface area contributed by atoms with E-state index in [1.165, 1.54) is 12.8 Å². The monoisotopic (exact) mass is 474 g/mol. The number of primary amides is 1. The second-order valence-electron chi connectivity index (χ2n) is 7.03. The number of nitrogens with one attached hydrogen (secondary N) is 1. The predicted octanol–water partition coefficient (Wildman–Crippen LogP) is 2.61. The van der Waals surface area contributed by atoms with Crippen LogP contribution in [0.4, 0.5) is 0 Å². The molecule has 0 aromatic heterocycles. The summed E-state index contributed by atoms with van der Waals surface area (Å²) in [6.07, 6.45) is 2.50. The highest BCUT2D eigenvalue weighted by Crippen LogP contribution is 2.23. The Morgan fingerprint density at radius 3 is 2.88 bits per heavy atom. The van der Waals surface area contributed by atoms with Crippen LogP contribution >= 0.6 is 24.0 Å². The zero-order valence-electron chi connectivity index (χ0n) is 15.9. The highest BCUT2D eigenvalue weighted by atomic mass is 127. The molecule has 1 aliphatic rings. The molecular weight excluding hydrogens is 443 g/mol. The molecule has 0 aliphatic carbocycles. The predicted molar refractivity (Wildman–Crippen MR) is 116 cm³/mol. The van der Waals surface area contributed by atoms with Gasteiger partial charge in [0.05, 0.1) is 0 Å². The summed E-state index contributed by atoms with van der Waals surface area (Å²) in [5, 5.41) is 3.42. The maximum atomic E-state index is 10.8. The zero-order chi connectivity index (χ0) is 18.2. The van der Waals surface area contributed by atoms with Crippen LogP contribution in [0.25, 0.3) is 0 Å². The van der Waals surface area contributed by atoms with E-state index in [-0.39, 0.29) is 30.6 Å². The number of amides is 1. The normalized spacial score (nSPS) is 17.2. The molecule has 1 fully saturated rings. The highest BCUT2D eigenvalue weighted by molar-refractivity contribution is 14.0. The third kappa shape index (κ3) is 7.39. The minimum absolute atomic E-state index is 0. The van der Waals surface area contributed by atoms with Crippen LogP contribution in [0, 0.1) is 11.8 Å². The standard InChI is InChI=1S/C19H30N4O2.HI/c1-14(2)9-16-7-8-23(12-16)19(21-3)22-11-15-5-4-6-17(10-15)25-13-18(20)24;/h4-6,10,14,16H,7-9,11-13H2,1-3H3,(H2,20,24)(H,21,22);1H. The van der Waals surface area contributed by atoms with Gasteiger partial charge in [-0.05, 0) is 42.4 Å². The SMILES string of the molecule is CN=C(NCc1cccc(OCC(N)=O)c1)N1CCC(CC(C)C)C1.I. The van der Waals surface area contributed by atoms with Crippen molar-refractivity contribution in [1.29, 1.82) is 0 Å². The lowest BCUT2D eigenvalue weighted by Gasteiger charge is -2.22. The third-order valence-corrected chi connectivity index (χ3v) is 4.33. The molecule has 1 atom stereocenters. The molecule has 146 valence electrons. The van der Waals surface area contributed by atoms with Crippen LogP contribution in [-0.2, 0) is 11.3 Å². The third-order valence-electron chi connectivity index (χ3n) is 4.33. The van der Waals surface area contributed by atoms with Crippen molar-refractivity contribution in [3.8, 4) is 5.75 Å². The van der Waals surface area contributed by atoms with Gasteiger partial charge in [0.1, 0.15) is 5.75 Å². The minimum atomic E-state index is -0.478. The quantitative estimate of drug-likeness (QED) is 0.362. The summed E-state index contributed by atoms with van der Waals surface area (Å²) >= 11 is 0. The molecule has 0 saturated carbocycles. The van der Waals surface area contributed by atoms with Gasteiger partial charge in [-0.3, -0.25) is 9.79 Å². The molecule has 1 saturated heterocycles. The van der Waals surface area contributed by atoms with Gasteiger partial charge >= 0.3 is 0 Å². The molecule has 0 bridgehead atoms. The van der Waals surface area contributed by atoms with E-state index in [2.05, 4.69) is 29.1 Å². The van der Waals surface area contributed by atoms with Gasteiger partial charge in [-0.25, -0.2) is 0 Å². The average Bonchev–Trinajstić information content (AvgIpc) is 3.01. The van der Waals surface area contributed by atoms with Crippen LogP contribution in [0.5, 0.6) is 5.75 Å². The summed E-state index contributed by atoms with van der Waals surface area (Å²) in [4.78, 5) is 17.6. The van der Waals surface area contributed by atoms with Crippen molar-refractivity contribution in [2.75, 3.05) is 26.7 Å². The summed E-state index contributed by atoms with van der Waals surface area (Å²) in [6.45, 7) is 7.24. The molecule has 0 radical (unpaired) electrons. The van der Waals surface area contributed by atoms with E-state index in [4.69, 9.17) is 10.5 Å². The van der Waals surface area contributed by atoms with E-state index in [1.807, 2.05) is 31.3 Å². The Kier molecular flexibility index (Phi) is 9.75. The van der Waals surface area contributed by atoms with Crippen LogP contribution < -0.4 is 15.8 Å². The van der Waals surface area contributed by atoms with Crippen molar-refractivity contribution in [2.45, 2.75) is 33.2 Å². The van der Waals surface area contributed by atoms with Gasteiger partial charge in [-0.15, -0.1) is 24.0 Å². The van der Waals surface area contributed by atoms with E-state index in [1.54, 1.807) is 0 Å². The maximum Gasteiger partial charge on any atom is 0.255 e. The van der Waals surface area contributed by atoms with Crippen molar-refractivity contribution in [1.82, 2.24) is 10.2 Å². The van der Waals surface area contributed by atoms with E-state index >= 15 is 0 Å². The molecule has 1 aromatic carbocycles. The smallest absolute Gasteiger partial charge is 0.255 e. The van der Waals surface area contributed by atoms with Gasteiger partial charge in [-0.1, -0.05) is 26.0 Å². The maximum absolute atomic E-state index is 10.8. The number of hydrogen-bond donors (Lipinski definition) is 2. The Hall–Kier alpha value is -1.51. The second kappa shape index (κ2) is 11.3. The molecule has 1 amide bonds. The van der Waals surface area contributed by atoms with Crippen LogP contribution in [0.1, 0.15) is 32.3 Å². The number of carbonyl (C=O) groups is 1. The molecule has 1 unspecified atom stereocenters. The molecule has 7 heteroatoms. The Bertz CT molecular complexity index is 607. The first-order valence-electron chi connectivity index (χ1n) is 8.93. The topological polar surface area (TPSA) is 80.0 Å². The van der Waals surface area contributed by atoms with E-state index in [9.17, 15) is 4.79 Å². The lowest BCUT2D eigenvalue weighted by atomic mass is 9.97. The zero-order valence-corrected chi connectivity index (χ0v) is 18.2. The van der Waals surface area contributed by atoms with Crippen LogP contribution in [0.3, 0.4) is 0 Å². The number of aliphatic imine (C=N–C) groups is 1. The molecule has 1 aliphatic heterocycles. The summed E-state index contributed by atoms with van der Waals surface area (Å²) in [6, 6.07) is 7.65. The van der Waals surface area contributed by atoms with Crippen molar-refractivity contribution in [3.05, 3.63) is 29.8 Å². The molecule has 3 N–H and O–H groups in total. The molecule has 2 rings (SSSR count). The van der Waals surface area contributed by atoms with Crippen molar-refractivity contribution in [3.63, 3.8) is 0 Å². The van der Waals surface area contributed by atoms with Crippen LogP contribution in [0.2, 0.25) is 0 Å². The number of guanidine groups is 1. The summed E-state index contributed by atoms with van der Waals surface area (Å²) in [5.74, 6) is 2.60. The minimum Gasteiger partial charge on any atom is -0.484 e. The molecule has 6 nitrogen and oxygen atoms in total. The number of ether oxygens (including phenoxy) is 1. The van der Waals surface area contributed by atoms with Gasteiger partial charge in [0.25, 0.3) is 5.91 Å². The first-order chi connectivity index (χ1) is 12.0. The fourth-order valence-electron chi connectivity index (χ4n) is 3.30. The second-order valence-corrected chi connectivity index (χ2v) is 7.03. The summed E-state index contributed by atoms with van der Waals surface area (Å²) < 4.78 is 5.35. The number of halogens is 1. The number of rotatable bonds is 7. The van der Waals surface area contributed by atoms with Crippen molar-refractivity contribution >= 4 is 35.8 Å². The number of carbonyl (C=O) groups excluding carboxylic acids is 1. The highest BCUT2D eigenvalue weighted by Gasteiger charge is 2.25. The molecule has 0 spiro atoms. The molecule has 26 heavy (non-hydrogen) atoms. The van der Waals surface area contributed by atoms with E-state index in [0.29, 0.717) is 12.3 Å². The van der Waals surface area contributed by atoms with Crippen molar-refractivity contribution < 1.29 is 9.53 Å². The summed E-state index contributed by atoms with van der Waals surface area (Å²) in [7, 11) is 1.82. The summed E-state index contributed by atoms with van der Waals surface area (Å²) in [5.41, 5.74) is 6.18. The van der Waals surface area contributed by atoms with Gasteiger partial charge in [0.2, 0.25) is 0 Å². The van der Waals surface area contributed by atoms with Crippen molar-refractivity contribution in [2.24, 2.45) is 22.6 Å².